The van der Waals surface area contributed by atoms with Crippen LogP contribution in [0.3, 0.4) is 0 Å². The van der Waals surface area contributed by atoms with Gasteiger partial charge in [-0.2, -0.15) is 0 Å². The van der Waals surface area contributed by atoms with Crippen LogP contribution in [0, 0.1) is 0 Å². The Morgan fingerprint density at radius 3 is 2.20 bits per heavy atom. The van der Waals surface area contributed by atoms with Gasteiger partial charge in [0.05, 0.1) is 6.20 Å². The molecule has 1 heterocycles. The van der Waals surface area contributed by atoms with E-state index in [9.17, 15) is 34.5 Å². The third kappa shape index (κ3) is 6.85. The summed E-state index contributed by atoms with van der Waals surface area (Å²) in [5, 5.41) is 40.4. The van der Waals surface area contributed by atoms with E-state index in [-0.39, 0.29) is 23.2 Å². The van der Waals surface area contributed by atoms with Gasteiger partial charge in [0.1, 0.15) is 5.69 Å². The molecular weight excluding hydrogens is 462 g/mol. The van der Waals surface area contributed by atoms with Gasteiger partial charge >= 0.3 is 12.0 Å². The summed E-state index contributed by atoms with van der Waals surface area (Å²) in [5.74, 6) is -2.48. The number of anilines is 5. The zero-order valence-electron chi connectivity index (χ0n) is 18.1. The number of aliphatic carboxylic acids is 1. The Hall–Kier alpha value is -5.27. The molecule has 0 aliphatic heterocycles. The first-order valence-corrected chi connectivity index (χ1v) is 9.93. The van der Waals surface area contributed by atoms with Gasteiger partial charge < -0.3 is 41.9 Å². The van der Waals surface area contributed by atoms with Gasteiger partial charge in [-0.05, 0) is 36.4 Å². The van der Waals surface area contributed by atoms with Gasteiger partial charge in [0.15, 0.2) is 11.5 Å². The Morgan fingerprint density at radius 1 is 0.943 bits per heavy atom. The predicted octanol–water partition coefficient (Wildman–Crippen LogP) is 1.53. The van der Waals surface area contributed by atoms with Crippen LogP contribution in [-0.4, -0.2) is 49.4 Å². The van der Waals surface area contributed by atoms with Gasteiger partial charge in [-0.15, -0.1) is 0 Å². The molecule has 0 aliphatic rings. The molecule has 9 N–H and O–H groups in total. The van der Waals surface area contributed by atoms with Gasteiger partial charge in [0.25, 0.3) is 5.56 Å². The molecule has 2 aromatic carbocycles. The van der Waals surface area contributed by atoms with Gasteiger partial charge in [0, 0.05) is 30.1 Å². The summed E-state index contributed by atoms with van der Waals surface area (Å²) in [6, 6.07) is 9.07. The third-order valence-electron chi connectivity index (χ3n) is 4.32. The average Bonchev–Trinajstić information content (AvgIpc) is 2.78. The number of carboxylic acids is 1. The normalized spacial score (nSPS) is 11.1. The lowest BCUT2D eigenvalue weighted by atomic mass is 10.2. The molecule has 0 saturated carbocycles. The number of aromatic hydroxyl groups is 2. The van der Waals surface area contributed by atoms with E-state index < -0.39 is 35.2 Å². The first-order chi connectivity index (χ1) is 16.6. The maximum atomic E-state index is 12.3. The molecule has 182 valence electrons. The lowest BCUT2D eigenvalue weighted by molar-refractivity contribution is -0.138. The Kier molecular flexibility index (Phi) is 7.36. The largest absolute Gasteiger partial charge is 0.504 e. The summed E-state index contributed by atoms with van der Waals surface area (Å²) < 4.78 is 0. The Bertz CT molecular complexity index is 1310. The Labute approximate surface area is 197 Å². The van der Waals surface area contributed by atoms with Gasteiger partial charge in [-0.1, -0.05) is 0 Å². The van der Waals surface area contributed by atoms with Crippen molar-refractivity contribution >= 4 is 46.6 Å². The molecule has 14 nitrogen and oxygen atoms in total. The quantitative estimate of drug-likeness (QED) is 0.128. The number of carbonyl (C=O) groups excluding carboxylic acids is 2. The molecule has 3 aromatic rings. The molecule has 1 aromatic heterocycles. The second kappa shape index (κ2) is 10.6. The molecule has 3 amide bonds. The fourth-order valence-electron chi connectivity index (χ4n) is 2.75. The van der Waals surface area contributed by atoms with Gasteiger partial charge in [0.2, 0.25) is 18.0 Å². The number of hydrogen-bond acceptors (Lipinski definition) is 9. The highest BCUT2D eigenvalue weighted by atomic mass is 16.4. The smallest absolute Gasteiger partial charge is 0.347 e. The van der Waals surface area contributed by atoms with Crippen LogP contribution in [0.1, 0.15) is 6.92 Å². The van der Waals surface area contributed by atoms with Crippen LogP contribution in [0.5, 0.6) is 11.5 Å². The number of hydrogen-bond donors (Lipinski definition) is 9. The van der Waals surface area contributed by atoms with E-state index >= 15 is 0 Å². The van der Waals surface area contributed by atoms with E-state index in [1.807, 2.05) is 0 Å². The number of nitrogens with zero attached hydrogens (tertiary/aromatic N) is 1. The van der Waals surface area contributed by atoms with Crippen molar-refractivity contribution in [3.63, 3.8) is 0 Å². The molecular formula is C21H21N7O7. The molecule has 35 heavy (non-hydrogen) atoms. The fourth-order valence-corrected chi connectivity index (χ4v) is 2.75. The van der Waals surface area contributed by atoms with Crippen molar-refractivity contribution in [2.45, 2.75) is 13.1 Å². The molecule has 0 radical (unpaired) electrons. The summed E-state index contributed by atoms with van der Waals surface area (Å²) in [5.41, 5.74) is 0.298. The molecule has 0 bridgehead atoms. The summed E-state index contributed by atoms with van der Waals surface area (Å²) in [6.45, 7) is 1.39. The topological polar surface area (TPSA) is 218 Å². The lowest BCUT2D eigenvalue weighted by Crippen LogP contribution is -2.48. The molecule has 0 aliphatic carbocycles. The number of urea groups is 1. The molecule has 1 atom stereocenters. The second-order valence-electron chi connectivity index (χ2n) is 7.08. The summed E-state index contributed by atoms with van der Waals surface area (Å²) in [6.07, 6.45) is -0.555. The predicted molar refractivity (Wildman–Crippen MR) is 126 cm³/mol. The third-order valence-corrected chi connectivity index (χ3v) is 4.32. The zero-order chi connectivity index (χ0) is 25.5. The molecule has 0 fully saturated rings. The molecule has 14 heteroatoms. The highest BCUT2D eigenvalue weighted by Crippen LogP contribution is 2.27. The number of rotatable bonds is 8. The van der Waals surface area contributed by atoms with E-state index in [2.05, 4.69) is 36.6 Å². The number of aromatic amines is 1. The first-order valence-electron chi connectivity index (χ1n) is 9.93. The molecule has 0 unspecified atom stereocenters. The van der Waals surface area contributed by atoms with E-state index in [0.717, 1.165) is 18.3 Å². The summed E-state index contributed by atoms with van der Waals surface area (Å²) >= 11 is 0. The van der Waals surface area contributed by atoms with Crippen molar-refractivity contribution in [2.75, 3.05) is 21.3 Å². The van der Waals surface area contributed by atoms with Crippen LogP contribution < -0.4 is 32.1 Å². The van der Waals surface area contributed by atoms with E-state index in [1.165, 1.54) is 13.0 Å². The molecule has 0 spiro atoms. The van der Waals surface area contributed by atoms with Gasteiger partial charge in [-0.25, -0.2) is 14.6 Å². The van der Waals surface area contributed by atoms with Crippen molar-refractivity contribution in [3.8, 4) is 11.5 Å². The number of aromatic nitrogens is 2. The Morgan fingerprint density at radius 2 is 1.60 bits per heavy atom. The average molecular weight is 483 g/mol. The van der Waals surface area contributed by atoms with Crippen molar-refractivity contribution < 1.29 is 29.7 Å². The van der Waals surface area contributed by atoms with Crippen molar-refractivity contribution in [2.24, 2.45) is 0 Å². The minimum absolute atomic E-state index is 0.0745. The highest BCUT2D eigenvalue weighted by Gasteiger charge is 2.21. The number of carbonyl (C=O) groups is 3. The van der Waals surface area contributed by atoms with Crippen LogP contribution in [-0.2, 0) is 9.59 Å². The SMILES string of the molecule is CC(=O)Nc1ccc(Nc2ncc(NC(=O)N[C@H](Nc3ccc(O)c(O)c3)C(=O)O)c(=O)[nH]2)cc1. The monoisotopic (exact) mass is 483 g/mol. The molecule has 3 rings (SSSR count). The van der Waals surface area contributed by atoms with Crippen LogP contribution >= 0.6 is 0 Å². The first kappa shape index (κ1) is 24.4. The fraction of sp³-hybridized carbons (Fsp3) is 0.0952. The van der Waals surface area contributed by atoms with Crippen LogP contribution in [0.2, 0.25) is 0 Å². The highest BCUT2D eigenvalue weighted by molar-refractivity contribution is 5.93. The molecule has 0 saturated heterocycles. The zero-order valence-corrected chi connectivity index (χ0v) is 18.1. The number of nitrogens with one attached hydrogen (secondary N) is 6. The number of phenols is 2. The standard InChI is InChI=1S/C21H21N7O7/c1-10(29)23-11-2-4-12(5-3-11)25-20-22-9-14(18(32)28-20)26-21(35)27-17(19(33)34)24-13-6-7-15(30)16(31)8-13/h2-9,17,24,30-31H,1H3,(H,23,29)(H,33,34)(H2,26,27,35)(H2,22,25,28,32)/t17-/m0/s1. The van der Waals surface area contributed by atoms with Gasteiger partial charge in [-0.3, -0.25) is 14.6 Å². The number of amides is 3. The number of H-pyrrole nitrogens is 1. The van der Waals surface area contributed by atoms with Crippen LogP contribution in [0.4, 0.5) is 33.5 Å². The van der Waals surface area contributed by atoms with E-state index in [4.69, 9.17) is 0 Å². The number of benzene rings is 2. The minimum Gasteiger partial charge on any atom is -0.504 e. The number of carboxylic acid groups (broad SMARTS) is 1. The van der Waals surface area contributed by atoms with E-state index in [1.54, 1.807) is 24.3 Å². The van der Waals surface area contributed by atoms with Crippen molar-refractivity contribution in [1.29, 1.82) is 0 Å². The Balaban J connectivity index is 1.62. The maximum Gasteiger partial charge on any atom is 0.347 e. The minimum atomic E-state index is -1.63. The van der Waals surface area contributed by atoms with Crippen molar-refractivity contribution in [3.05, 3.63) is 59.0 Å². The summed E-state index contributed by atoms with van der Waals surface area (Å²) in [4.78, 5) is 53.5. The van der Waals surface area contributed by atoms with E-state index in [0.29, 0.717) is 11.4 Å². The maximum absolute atomic E-state index is 12.3. The number of phenolic OH excluding ortho intramolecular Hbond substituents is 2. The summed E-state index contributed by atoms with van der Waals surface area (Å²) in [7, 11) is 0. The lowest BCUT2D eigenvalue weighted by Gasteiger charge is -2.18. The second-order valence-corrected chi connectivity index (χ2v) is 7.08. The van der Waals surface area contributed by atoms with Crippen LogP contribution in [0.25, 0.3) is 0 Å². The van der Waals surface area contributed by atoms with Crippen molar-refractivity contribution in [1.82, 2.24) is 15.3 Å². The van der Waals surface area contributed by atoms with Crippen LogP contribution in [0.15, 0.2) is 53.5 Å².